The molecule has 2 aromatic rings. The number of halogens is 1. The van der Waals surface area contributed by atoms with E-state index in [1.54, 1.807) is 24.3 Å². The Morgan fingerprint density at radius 1 is 1.09 bits per heavy atom. The molecular weight excluding hydrogens is 312 g/mol. The van der Waals surface area contributed by atoms with E-state index in [0.717, 1.165) is 12.1 Å². The number of anilines is 1. The largest absolute Gasteiger partial charge is 0.301 e. The van der Waals surface area contributed by atoms with E-state index in [0.29, 0.717) is 10.6 Å². The topological polar surface area (TPSA) is 111 Å². The number of hydrazone groups is 1. The van der Waals surface area contributed by atoms with Crippen molar-refractivity contribution in [2.24, 2.45) is 5.10 Å². The van der Waals surface area contributed by atoms with Gasteiger partial charge in [-0.25, -0.2) is 0 Å². The molecule has 112 valence electrons. The highest BCUT2D eigenvalue weighted by Gasteiger charge is 2.19. The van der Waals surface area contributed by atoms with Crippen molar-refractivity contribution in [2.45, 2.75) is 0 Å². The maximum Gasteiger partial charge on any atom is 0.301 e. The van der Waals surface area contributed by atoms with E-state index in [2.05, 4.69) is 10.5 Å². The van der Waals surface area contributed by atoms with E-state index in [1.165, 1.54) is 12.3 Å². The monoisotopic (exact) mass is 320 g/mol. The summed E-state index contributed by atoms with van der Waals surface area (Å²) in [6.07, 6.45) is 1.40. The summed E-state index contributed by atoms with van der Waals surface area (Å²) >= 11 is 5.94. The van der Waals surface area contributed by atoms with Crippen LogP contribution in [-0.4, -0.2) is 16.1 Å². The Morgan fingerprint density at radius 2 is 1.82 bits per heavy atom. The van der Waals surface area contributed by atoms with Crippen molar-refractivity contribution in [1.82, 2.24) is 0 Å². The molecule has 0 aliphatic rings. The van der Waals surface area contributed by atoms with Crippen molar-refractivity contribution in [3.63, 3.8) is 0 Å². The van der Waals surface area contributed by atoms with Gasteiger partial charge in [-0.15, -0.1) is 0 Å². The maximum atomic E-state index is 11.0. The molecule has 0 aliphatic heterocycles. The zero-order valence-corrected chi connectivity index (χ0v) is 11.7. The molecule has 22 heavy (non-hydrogen) atoms. The van der Waals surface area contributed by atoms with Crippen LogP contribution in [0.4, 0.5) is 17.1 Å². The smallest absolute Gasteiger partial charge is 0.272 e. The molecule has 0 saturated heterocycles. The summed E-state index contributed by atoms with van der Waals surface area (Å²) < 4.78 is 0. The average molecular weight is 321 g/mol. The predicted octanol–water partition coefficient (Wildman–Crippen LogP) is 3.60. The van der Waals surface area contributed by atoms with Gasteiger partial charge in [-0.05, 0) is 12.1 Å². The third-order valence-electron chi connectivity index (χ3n) is 2.68. The van der Waals surface area contributed by atoms with Gasteiger partial charge in [-0.1, -0.05) is 29.8 Å². The molecule has 2 rings (SSSR count). The first-order chi connectivity index (χ1) is 10.5. The first-order valence-electron chi connectivity index (χ1n) is 5.95. The molecule has 0 aromatic heterocycles. The fourth-order valence-electron chi connectivity index (χ4n) is 1.63. The zero-order valence-electron chi connectivity index (χ0n) is 11.0. The number of rotatable bonds is 5. The van der Waals surface area contributed by atoms with Crippen LogP contribution in [0.2, 0.25) is 5.02 Å². The molecule has 0 atom stereocenters. The van der Waals surface area contributed by atoms with Gasteiger partial charge in [-0.3, -0.25) is 25.7 Å². The molecule has 2 aromatic carbocycles. The summed E-state index contributed by atoms with van der Waals surface area (Å²) in [6.45, 7) is 0. The Balaban J connectivity index is 2.24. The van der Waals surface area contributed by atoms with Crippen LogP contribution in [0, 0.1) is 20.2 Å². The van der Waals surface area contributed by atoms with Crippen molar-refractivity contribution in [3.05, 3.63) is 73.3 Å². The van der Waals surface area contributed by atoms with Gasteiger partial charge < -0.3 is 0 Å². The quantitative estimate of drug-likeness (QED) is 0.514. The number of nitrogens with one attached hydrogen (secondary N) is 1. The summed E-state index contributed by atoms with van der Waals surface area (Å²) in [5.41, 5.74) is 2.34. The van der Waals surface area contributed by atoms with Gasteiger partial charge in [0.1, 0.15) is 5.69 Å². The Morgan fingerprint density at radius 3 is 2.45 bits per heavy atom. The van der Waals surface area contributed by atoms with E-state index in [-0.39, 0.29) is 11.4 Å². The second kappa shape index (κ2) is 6.64. The van der Waals surface area contributed by atoms with Crippen LogP contribution in [0.1, 0.15) is 5.56 Å². The third-order valence-corrected chi connectivity index (χ3v) is 3.03. The minimum Gasteiger partial charge on any atom is -0.272 e. The van der Waals surface area contributed by atoms with Crippen LogP contribution < -0.4 is 5.43 Å². The van der Waals surface area contributed by atoms with Crippen molar-refractivity contribution >= 4 is 34.9 Å². The van der Waals surface area contributed by atoms with Gasteiger partial charge in [0.15, 0.2) is 0 Å². The van der Waals surface area contributed by atoms with Crippen LogP contribution in [0.15, 0.2) is 47.6 Å². The molecule has 0 unspecified atom stereocenters. The Kier molecular flexibility index (Phi) is 4.64. The van der Waals surface area contributed by atoms with E-state index < -0.39 is 15.5 Å². The molecule has 0 bridgehead atoms. The lowest BCUT2D eigenvalue weighted by Crippen LogP contribution is -1.98. The summed E-state index contributed by atoms with van der Waals surface area (Å²) in [6, 6.07) is 10.2. The minimum absolute atomic E-state index is 0.0407. The highest BCUT2D eigenvalue weighted by atomic mass is 35.5. The molecule has 1 N–H and O–H groups in total. The second-order valence-electron chi connectivity index (χ2n) is 4.11. The lowest BCUT2D eigenvalue weighted by atomic mass is 10.2. The first-order valence-corrected chi connectivity index (χ1v) is 6.33. The number of nitrogens with zero attached hydrogens (tertiary/aromatic N) is 3. The average Bonchev–Trinajstić information content (AvgIpc) is 2.49. The lowest BCUT2D eigenvalue weighted by molar-refractivity contribution is -0.393. The van der Waals surface area contributed by atoms with Gasteiger partial charge in [0.2, 0.25) is 0 Å². The van der Waals surface area contributed by atoms with Crippen molar-refractivity contribution in [1.29, 1.82) is 0 Å². The lowest BCUT2D eigenvalue weighted by Gasteiger charge is -2.02. The van der Waals surface area contributed by atoms with E-state index in [9.17, 15) is 20.2 Å². The number of nitro benzene ring substituents is 2. The molecule has 0 saturated carbocycles. The van der Waals surface area contributed by atoms with Crippen LogP contribution in [-0.2, 0) is 0 Å². The molecule has 0 radical (unpaired) electrons. The Bertz CT molecular complexity index is 763. The number of benzene rings is 2. The van der Waals surface area contributed by atoms with E-state index in [4.69, 9.17) is 11.6 Å². The number of hydrogen-bond acceptors (Lipinski definition) is 6. The Hall–Kier alpha value is -3.00. The van der Waals surface area contributed by atoms with E-state index in [1.807, 2.05) is 0 Å². The number of hydrogen-bond donors (Lipinski definition) is 1. The highest BCUT2D eigenvalue weighted by molar-refractivity contribution is 6.33. The standard InChI is InChI=1S/C13H9ClN4O4/c14-11-4-2-1-3-9(11)8-15-16-12-6-5-10(17(19)20)7-13(12)18(21)22/h1-8,16H/b15-8+. The van der Waals surface area contributed by atoms with Crippen molar-refractivity contribution in [3.8, 4) is 0 Å². The molecule has 0 spiro atoms. The normalized spacial score (nSPS) is 10.6. The van der Waals surface area contributed by atoms with Gasteiger partial charge in [0.25, 0.3) is 5.69 Å². The van der Waals surface area contributed by atoms with Crippen LogP contribution in [0.3, 0.4) is 0 Å². The summed E-state index contributed by atoms with van der Waals surface area (Å²) in [7, 11) is 0. The zero-order chi connectivity index (χ0) is 16.1. The summed E-state index contributed by atoms with van der Waals surface area (Å²) in [5.74, 6) is 0. The van der Waals surface area contributed by atoms with Gasteiger partial charge in [0.05, 0.1) is 22.1 Å². The minimum atomic E-state index is -0.722. The second-order valence-corrected chi connectivity index (χ2v) is 4.51. The molecular formula is C13H9ClN4O4. The first kappa shape index (κ1) is 15.4. The van der Waals surface area contributed by atoms with Crippen LogP contribution in [0.25, 0.3) is 0 Å². The summed E-state index contributed by atoms with van der Waals surface area (Å²) in [4.78, 5) is 20.2. The fourth-order valence-corrected chi connectivity index (χ4v) is 1.81. The van der Waals surface area contributed by atoms with Crippen LogP contribution >= 0.6 is 11.6 Å². The van der Waals surface area contributed by atoms with Gasteiger partial charge >= 0.3 is 5.69 Å². The molecule has 0 aliphatic carbocycles. The SMILES string of the molecule is O=[N+]([O-])c1ccc(N/N=C/c2ccccc2Cl)c([N+](=O)[O-])c1. The molecule has 8 nitrogen and oxygen atoms in total. The third kappa shape index (κ3) is 3.55. The molecule has 9 heteroatoms. The Labute approximate surface area is 129 Å². The highest BCUT2D eigenvalue weighted by Crippen LogP contribution is 2.28. The molecule has 0 heterocycles. The molecule has 0 fully saturated rings. The van der Waals surface area contributed by atoms with E-state index >= 15 is 0 Å². The fraction of sp³-hybridized carbons (Fsp3) is 0. The number of nitro groups is 2. The summed E-state index contributed by atoms with van der Waals surface area (Å²) in [5, 5.41) is 25.9. The van der Waals surface area contributed by atoms with Gasteiger partial charge in [0, 0.05) is 16.7 Å². The van der Waals surface area contributed by atoms with Crippen LogP contribution in [0.5, 0.6) is 0 Å². The van der Waals surface area contributed by atoms with Crippen molar-refractivity contribution < 1.29 is 9.85 Å². The predicted molar refractivity (Wildman–Crippen MR) is 82.4 cm³/mol. The van der Waals surface area contributed by atoms with Gasteiger partial charge in [-0.2, -0.15) is 5.10 Å². The van der Waals surface area contributed by atoms with Crippen molar-refractivity contribution in [2.75, 3.05) is 5.43 Å². The maximum absolute atomic E-state index is 11.0. The number of non-ortho nitro benzene ring substituents is 1. The molecule has 0 amide bonds.